The van der Waals surface area contributed by atoms with Crippen LogP contribution in [0.15, 0.2) is 24.3 Å². The summed E-state index contributed by atoms with van der Waals surface area (Å²) in [6.07, 6.45) is 0. The van der Waals surface area contributed by atoms with E-state index in [1.807, 2.05) is 38.1 Å². The summed E-state index contributed by atoms with van der Waals surface area (Å²) in [5.74, 6) is 1.42. The van der Waals surface area contributed by atoms with Crippen LogP contribution in [-0.4, -0.2) is 18.8 Å². The zero-order chi connectivity index (χ0) is 12.4. The molecular weight excluding hydrogens is 216 g/mol. The van der Waals surface area contributed by atoms with Crippen molar-refractivity contribution in [1.82, 2.24) is 0 Å². The fourth-order valence-corrected chi connectivity index (χ4v) is 2.07. The molecule has 0 aliphatic rings. The van der Waals surface area contributed by atoms with Crippen LogP contribution in [0.25, 0.3) is 10.8 Å². The highest BCUT2D eigenvalue weighted by molar-refractivity contribution is 5.96. The van der Waals surface area contributed by atoms with Crippen LogP contribution >= 0.6 is 0 Å². The van der Waals surface area contributed by atoms with Crippen molar-refractivity contribution in [3.05, 3.63) is 29.8 Å². The van der Waals surface area contributed by atoms with Gasteiger partial charge in [-0.15, -0.1) is 0 Å². The second-order valence-corrected chi connectivity index (χ2v) is 3.81. The van der Waals surface area contributed by atoms with E-state index in [0.29, 0.717) is 12.4 Å². The van der Waals surface area contributed by atoms with Crippen molar-refractivity contribution in [1.29, 1.82) is 0 Å². The molecule has 90 valence electrons. The Morgan fingerprint density at radius 1 is 1.12 bits per heavy atom. The molecule has 3 nitrogen and oxygen atoms in total. The summed E-state index contributed by atoms with van der Waals surface area (Å²) in [5.41, 5.74) is 0.825. The maximum absolute atomic E-state index is 10.1. The first-order valence-corrected chi connectivity index (χ1v) is 5.61. The number of aromatic hydroxyl groups is 1. The lowest BCUT2D eigenvalue weighted by Gasteiger charge is -2.16. The second-order valence-electron chi connectivity index (χ2n) is 3.81. The molecule has 0 fully saturated rings. The number of rotatable bonds is 3. The average molecular weight is 232 g/mol. The Bertz CT molecular complexity index is 547. The highest BCUT2D eigenvalue weighted by Gasteiger charge is 2.17. The summed E-state index contributed by atoms with van der Waals surface area (Å²) in [4.78, 5) is 0. The topological polar surface area (TPSA) is 38.7 Å². The first kappa shape index (κ1) is 11.6. The molecule has 0 atom stereocenters. The van der Waals surface area contributed by atoms with Crippen molar-refractivity contribution in [2.24, 2.45) is 0 Å². The van der Waals surface area contributed by atoms with Crippen molar-refractivity contribution in [3.63, 3.8) is 0 Å². The molecule has 0 amide bonds. The minimum Gasteiger partial charge on any atom is -0.504 e. The van der Waals surface area contributed by atoms with Gasteiger partial charge in [0.05, 0.1) is 13.7 Å². The van der Waals surface area contributed by atoms with Gasteiger partial charge in [-0.25, -0.2) is 0 Å². The zero-order valence-corrected chi connectivity index (χ0v) is 10.3. The van der Waals surface area contributed by atoms with Gasteiger partial charge in [0.15, 0.2) is 11.5 Å². The Kier molecular flexibility index (Phi) is 3.09. The molecule has 0 heterocycles. The molecule has 0 saturated carbocycles. The molecule has 0 aliphatic carbocycles. The number of hydrogen-bond donors (Lipinski definition) is 1. The van der Waals surface area contributed by atoms with E-state index in [4.69, 9.17) is 9.47 Å². The lowest BCUT2D eigenvalue weighted by molar-refractivity contribution is 0.332. The van der Waals surface area contributed by atoms with E-state index in [9.17, 15) is 5.11 Å². The highest BCUT2D eigenvalue weighted by atomic mass is 16.5. The van der Waals surface area contributed by atoms with Crippen molar-refractivity contribution in [3.8, 4) is 17.2 Å². The maximum Gasteiger partial charge on any atom is 0.167 e. The molecule has 0 radical (unpaired) electrons. The molecule has 0 bridgehead atoms. The predicted molar refractivity (Wildman–Crippen MR) is 68.1 cm³/mol. The monoisotopic (exact) mass is 232 g/mol. The standard InChI is InChI=1S/C14H16O3/c1-4-17-13-9(2)14(16-3)12(15)10-7-5-6-8-11(10)13/h5-8,15H,4H2,1-3H3. The Labute approximate surface area is 101 Å². The Hall–Kier alpha value is -1.90. The molecular formula is C14H16O3. The molecule has 2 aromatic carbocycles. The van der Waals surface area contributed by atoms with Gasteiger partial charge in [-0.2, -0.15) is 0 Å². The maximum atomic E-state index is 10.1. The van der Waals surface area contributed by atoms with Crippen LogP contribution in [0, 0.1) is 6.92 Å². The molecule has 0 unspecified atom stereocenters. The second kappa shape index (κ2) is 4.53. The van der Waals surface area contributed by atoms with Gasteiger partial charge >= 0.3 is 0 Å². The third-order valence-electron chi connectivity index (χ3n) is 2.82. The number of phenols is 1. The average Bonchev–Trinajstić information content (AvgIpc) is 2.35. The van der Waals surface area contributed by atoms with Gasteiger partial charge in [0.1, 0.15) is 5.75 Å². The summed E-state index contributed by atoms with van der Waals surface area (Å²) in [7, 11) is 1.55. The lowest BCUT2D eigenvalue weighted by atomic mass is 10.0. The van der Waals surface area contributed by atoms with E-state index in [1.54, 1.807) is 7.11 Å². The Balaban J connectivity index is 2.85. The largest absolute Gasteiger partial charge is 0.504 e. The van der Waals surface area contributed by atoms with Crippen LogP contribution in [0.1, 0.15) is 12.5 Å². The molecule has 17 heavy (non-hydrogen) atoms. The van der Waals surface area contributed by atoms with E-state index in [1.165, 1.54) is 0 Å². The number of fused-ring (bicyclic) bond motifs is 1. The normalized spacial score (nSPS) is 10.5. The minimum atomic E-state index is 0.170. The SMILES string of the molecule is CCOc1c(C)c(OC)c(O)c2ccccc12. The van der Waals surface area contributed by atoms with Gasteiger partial charge in [0.25, 0.3) is 0 Å². The van der Waals surface area contributed by atoms with Crippen LogP contribution < -0.4 is 9.47 Å². The first-order valence-electron chi connectivity index (χ1n) is 5.61. The molecule has 2 aromatic rings. The van der Waals surface area contributed by atoms with Crippen molar-refractivity contribution in [2.75, 3.05) is 13.7 Å². The van der Waals surface area contributed by atoms with Crippen molar-refractivity contribution >= 4 is 10.8 Å². The molecule has 1 N–H and O–H groups in total. The first-order chi connectivity index (χ1) is 8.20. The van der Waals surface area contributed by atoms with E-state index < -0.39 is 0 Å². The van der Waals surface area contributed by atoms with Crippen LogP contribution in [0.5, 0.6) is 17.2 Å². The van der Waals surface area contributed by atoms with Crippen molar-refractivity contribution < 1.29 is 14.6 Å². The van der Waals surface area contributed by atoms with Gasteiger partial charge in [0.2, 0.25) is 0 Å². The molecule has 3 heteroatoms. The molecule has 0 aromatic heterocycles. The van der Waals surface area contributed by atoms with Crippen LogP contribution in [0.2, 0.25) is 0 Å². The van der Waals surface area contributed by atoms with E-state index in [2.05, 4.69) is 0 Å². The zero-order valence-electron chi connectivity index (χ0n) is 10.3. The Morgan fingerprint density at radius 3 is 2.35 bits per heavy atom. The van der Waals surface area contributed by atoms with Crippen LogP contribution in [0.3, 0.4) is 0 Å². The van der Waals surface area contributed by atoms with Gasteiger partial charge in [-0.05, 0) is 13.8 Å². The molecule has 0 saturated heterocycles. The third-order valence-corrected chi connectivity index (χ3v) is 2.82. The number of hydrogen-bond acceptors (Lipinski definition) is 3. The smallest absolute Gasteiger partial charge is 0.167 e. The lowest BCUT2D eigenvalue weighted by Crippen LogP contribution is -1.98. The minimum absolute atomic E-state index is 0.170. The fourth-order valence-electron chi connectivity index (χ4n) is 2.07. The number of benzene rings is 2. The van der Waals surface area contributed by atoms with Gasteiger partial charge < -0.3 is 14.6 Å². The third kappa shape index (κ3) is 1.78. The number of phenolic OH excluding ortho intramolecular Hbond substituents is 1. The van der Waals surface area contributed by atoms with Crippen LogP contribution in [0.4, 0.5) is 0 Å². The summed E-state index contributed by atoms with van der Waals surface area (Å²) >= 11 is 0. The molecule has 0 spiro atoms. The van der Waals surface area contributed by atoms with Crippen molar-refractivity contribution in [2.45, 2.75) is 13.8 Å². The highest BCUT2D eigenvalue weighted by Crippen LogP contribution is 2.44. The van der Waals surface area contributed by atoms with E-state index >= 15 is 0 Å². The fraction of sp³-hybridized carbons (Fsp3) is 0.286. The quantitative estimate of drug-likeness (QED) is 0.882. The van der Waals surface area contributed by atoms with Gasteiger partial charge in [0, 0.05) is 16.3 Å². The molecule has 0 aliphatic heterocycles. The van der Waals surface area contributed by atoms with Crippen LogP contribution in [-0.2, 0) is 0 Å². The Morgan fingerprint density at radius 2 is 1.76 bits per heavy atom. The molecule has 2 rings (SSSR count). The number of methoxy groups -OCH3 is 1. The van der Waals surface area contributed by atoms with Gasteiger partial charge in [-0.1, -0.05) is 24.3 Å². The predicted octanol–water partition coefficient (Wildman–Crippen LogP) is 3.26. The number of ether oxygens (including phenoxy) is 2. The summed E-state index contributed by atoms with van der Waals surface area (Å²) in [5, 5.41) is 11.8. The van der Waals surface area contributed by atoms with Gasteiger partial charge in [-0.3, -0.25) is 0 Å². The van der Waals surface area contributed by atoms with E-state index in [0.717, 1.165) is 22.1 Å². The summed E-state index contributed by atoms with van der Waals surface area (Å²) in [6, 6.07) is 7.60. The van der Waals surface area contributed by atoms with E-state index in [-0.39, 0.29) is 5.75 Å². The summed E-state index contributed by atoms with van der Waals surface area (Å²) in [6.45, 7) is 4.41. The summed E-state index contributed by atoms with van der Waals surface area (Å²) < 4.78 is 10.9.